The highest BCUT2D eigenvalue weighted by Gasteiger charge is 2.21. The largest absolute Gasteiger partial charge is 0.495 e. The molecule has 1 amide bonds. The van der Waals surface area contributed by atoms with Gasteiger partial charge in [0.25, 0.3) is 0 Å². The van der Waals surface area contributed by atoms with E-state index in [1.54, 1.807) is 61.7 Å². The van der Waals surface area contributed by atoms with Crippen LogP contribution in [0.5, 0.6) is 11.6 Å². The molecule has 12 heteroatoms. The van der Waals surface area contributed by atoms with Crippen LogP contribution in [0.2, 0.25) is 0 Å². The minimum absolute atomic E-state index is 0.0783. The van der Waals surface area contributed by atoms with Gasteiger partial charge in [0.15, 0.2) is 0 Å². The number of hydrogen-bond donors (Lipinski definition) is 2. The van der Waals surface area contributed by atoms with Crippen LogP contribution >= 0.6 is 0 Å². The molecule has 1 aliphatic heterocycles. The Morgan fingerprint density at radius 1 is 1.24 bits per heavy atom. The lowest BCUT2D eigenvalue weighted by molar-refractivity contribution is -0.119. The molecule has 0 aromatic carbocycles. The topological polar surface area (TPSA) is 164 Å². The number of nitrogens with two attached hydrogens (primary N) is 1. The van der Waals surface area contributed by atoms with Gasteiger partial charge < -0.3 is 25.3 Å². The number of rotatable bonds is 8. The number of aliphatic hydroxyl groups is 1. The van der Waals surface area contributed by atoms with E-state index in [0.29, 0.717) is 53.0 Å². The first-order valence-corrected chi connectivity index (χ1v) is 13.3. The summed E-state index contributed by atoms with van der Waals surface area (Å²) >= 11 is 0. The Morgan fingerprint density at radius 2 is 1.93 bits per heavy atom. The van der Waals surface area contributed by atoms with Crippen LogP contribution in [0.25, 0.3) is 5.65 Å². The maximum atomic E-state index is 11.0. The molecule has 1 unspecified atom stereocenters. The van der Waals surface area contributed by atoms with Crippen LogP contribution < -0.4 is 15.3 Å². The van der Waals surface area contributed by atoms with Crippen LogP contribution in [0.3, 0.4) is 0 Å². The van der Waals surface area contributed by atoms with E-state index in [1.807, 2.05) is 19.9 Å². The van der Waals surface area contributed by atoms with E-state index in [1.165, 1.54) is 6.20 Å². The zero-order valence-corrected chi connectivity index (χ0v) is 24.4. The number of pyridine rings is 2. The van der Waals surface area contributed by atoms with Crippen molar-refractivity contribution in [1.29, 1.82) is 5.26 Å². The number of hydrogen-bond acceptors (Lipinski definition) is 10. The summed E-state index contributed by atoms with van der Waals surface area (Å²) in [6.07, 6.45) is 6.83. The van der Waals surface area contributed by atoms with Crippen molar-refractivity contribution in [1.82, 2.24) is 19.3 Å². The summed E-state index contributed by atoms with van der Waals surface area (Å²) < 4.78 is 13.2. The number of ether oxygens (including phenoxy) is 2. The lowest BCUT2D eigenvalue weighted by Crippen LogP contribution is -2.34. The third kappa shape index (κ3) is 8.49. The number of methoxy groups -OCH3 is 1. The van der Waals surface area contributed by atoms with Gasteiger partial charge in [-0.25, -0.2) is 4.98 Å². The van der Waals surface area contributed by atoms with E-state index >= 15 is 0 Å². The van der Waals surface area contributed by atoms with Gasteiger partial charge in [0.1, 0.15) is 35.0 Å². The second kappa shape index (κ2) is 13.7. The normalized spacial score (nSPS) is 15.5. The molecule has 3 aromatic heterocycles. The first-order valence-electron chi connectivity index (χ1n) is 13.3. The molecule has 0 bridgehead atoms. The minimum Gasteiger partial charge on any atom is -0.495 e. The molecular weight excluding hydrogens is 524 g/mol. The molecule has 12 nitrogen and oxygen atoms in total. The van der Waals surface area contributed by atoms with E-state index in [2.05, 4.69) is 21.1 Å². The molecule has 3 aromatic rings. The second-order valence-corrected chi connectivity index (χ2v) is 10.7. The molecule has 1 saturated heterocycles. The van der Waals surface area contributed by atoms with Gasteiger partial charge >= 0.3 is 0 Å². The van der Waals surface area contributed by atoms with E-state index in [0.717, 1.165) is 24.8 Å². The highest BCUT2D eigenvalue weighted by molar-refractivity contribution is 6.47. The van der Waals surface area contributed by atoms with Gasteiger partial charge in [-0.05, 0) is 59.6 Å². The Bertz CT molecular complexity index is 1440. The summed E-state index contributed by atoms with van der Waals surface area (Å²) in [4.78, 5) is 26.2. The maximum absolute atomic E-state index is 11.0. The van der Waals surface area contributed by atoms with Crippen LogP contribution in [0.1, 0.15) is 70.4 Å². The summed E-state index contributed by atoms with van der Waals surface area (Å²) in [6.45, 7) is 10.3. The van der Waals surface area contributed by atoms with E-state index in [9.17, 15) is 10.1 Å². The summed E-state index contributed by atoms with van der Waals surface area (Å²) in [5.41, 5.74) is 2.99. The number of aliphatic imine (C=N–C) groups is 1. The van der Waals surface area contributed by atoms with Crippen molar-refractivity contribution >= 4 is 23.5 Å². The fourth-order valence-electron chi connectivity index (χ4n) is 4.23. The molecule has 1 aliphatic rings. The third-order valence-corrected chi connectivity index (χ3v) is 6.19. The lowest BCUT2D eigenvalue weighted by atomic mass is 10.0. The van der Waals surface area contributed by atoms with Gasteiger partial charge in [0.2, 0.25) is 12.3 Å². The number of aromatic nitrogens is 3. The number of carbonyl (C=O) groups is 1. The zero-order chi connectivity index (χ0) is 30.2. The van der Waals surface area contributed by atoms with E-state index in [-0.39, 0.29) is 6.04 Å². The third-order valence-electron chi connectivity index (χ3n) is 6.19. The average molecular weight is 563 g/mol. The number of piperidine rings is 1. The van der Waals surface area contributed by atoms with Gasteiger partial charge in [-0.2, -0.15) is 10.4 Å². The van der Waals surface area contributed by atoms with Gasteiger partial charge in [0.05, 0.1) is 36.9 Å². The molecule has 218 valence electrons. The maximum Gasteiger partial charge on any atom is 0.209 e. The molecule has 41 heavy (non-hydrogen) atoms. The number of nitriles is 1. The van der Waals surface area contributed by atoms with Gasteiger partial charge in [-0.15, -0.1) is 0 Å². The van der Waals surface area contributed by atoms with Gasteiger partial charge in [-0.3, -0.25) is 19.2 Å². The van der Waals surface area contributed by atoms with Crippen molar-refractivity contribution in [2.24, 2.45) is 15.9 Å². The van der Waals surface area contributed by atoms with Crippen LogP contribution in [-0.4, -0.2) is 74.1 Å². The number of carbonyl (C=O) groups excluding carboxylic acids is 1. The minimum atomic E-state index is -0.500. The predicted molar refractivity (Wildman–Crippen MR) is 156 cm³/mol. The lowest BCUT2D eigenvalue weighted by Gasteiger charge is -2.27. The molecule has 0 aliphatic carbocycles. The molecular formula is C29H38N8O4. The highest BCUT2D eigenvalue weighted by Crippen LogP contribution is 2.27. The van der Waals surface area contributed by atoms with Crippen molar-refractivity contribution in [2.45, 2.75) is 65.2 Å². The SMILES string of the molecule is CC(C)(C)O.COc1cncc(C(C)Oc2cc(/C(=N/N)C(C)=NC3CCN(C=O)CC3)cc3ncc(C#N)n23)c1. The molecule has 4 rings (SSSR count). The van der Waals surface area contributed by atoms with Crippen LogP contribution in [0.15, 0.2) is 46.9 Å². The van der Waals surface area contributed by atoms with Crippen molar-refractivity contribution in [3.8, 4) is 17.7 Å². The highest BCUT2D eigenvalue weighted by atomic mass is 16.5. The Labute approximate surface area is 240 Å². The standard InChI is InChI=1S/C25H28N8O3.C4H10O/c1-16(30-20-4-6-32(15-34)7-5-20)25(31-27)18-9-23-29-13-21(11-26)33(23)24(10-18)36-17(2)19-8-22(35-3)14-28-12-19;1-4(2,3)5/h8-10,12-15,17,20H,4-7,27H2,1-3H3;5H,1-3H3/b30-16?,31-25+;. The number of fused-ring (bicyclic) bond motifs is 1. The molecule has 0 spiro atoms. The first-order chi connectivity index (χ1) is 19.5. The quantitative estimate of drug-likeness (QED) is 0.183. The zero-order valence-electron chi connectivity index (χ0n) is 24.4. The second-order valence-electron chi connectivity index (χ2n) is 10.7. The van der Waals surface area contributed by atoms with Crippen molar-refractivity contribution in [2.75, 3.05) is 20.2 Å². The molecule has 4 heterocycles. The fraction of sp³-hybridized carbons (Fsp3) is 0.448. The van der Waals surface area contributed by atoms with Crippen molar-refractivity contribution in [3.05, 3.63) is 53.6 Å². The number of likely N-dealkylation sites (tertiary alicyclic amines) is 1. The molecule has 1 atom stereocenters. The molecule has 1 fully saturated rings. The predicted octanol–water partition coefficient (Wildman–Crippen LogP) is 3.27. The number of imidazole rings is 1. The molecule has 0 radical (unpaired) electrons. The number of amides is 1. The average Bonchev–Trinajstić information content (AvgIpc) is 3.36. The summed E-state index contributed by atoms with van der Waals surface area (Å²) in [5.74, 6) is 6.83. The van der Waals surface area contributed by atoms with Crippen LogP contribution in [0.4, 0.5) is 0 Å². The van der Waals surface area contributed by atoms with Crippen LogP contribution in [0, 0.1) is 11.3 Å². The molecule has 0 saturated carbocycles. The van der Waals surface area contributed by atoms with E-state index < -0.39 is 11.7 Å². The summed E-state index contributed by atoms with van der Waals surface area (Å²) in [5, 5.41) is 22.2. The summed E-state index contributed by atoms with van der Waals surface area (Å²) in [7, 11) is 1.58. The number of hydrazone groups is 1. The smallest absolute Gasteiger partial charge is 0.209 e. The summed E-state index contributed by atoms with van der Waals surface area (Å²) in [6, 6.07) is 7.65. The fourth-order valence-corrected chi connectivity index (χ4v) is 4.23. The first kappa shape index (κ1) is 31.0. The molecule has 3 N–H and O–H groups in total. The Balaban J connectivity index is 0.000000850. The van der Waals surface area contributed by atoms with E-state index in [4.69, 9.17) is 25.4 Å². The van der Waals surface area contributed by atoms with Gasteiger partial charge in [-0.1, -0.05) is 0 Å². The van der Waals surface area contributed by atoms with Gasteiger partial charge in [0, 0.05) is 36.5 Å². The monoisotopic (exact) mass is 562 g/mol. The van der Waals surface area contributed by atoms with Crippen molar-refractivity contribution in [3.63, 3.8) is 0 Å². The Hall–Kier alpha value is -4.50. The van der Waals surface area contributed by atoms with Crippen LogP contribution in [-0.2, 0) is 4.79 Å². The number of nitrogens with zero attached hydrogens (tertiary/aromatic N) is 7. The Kier molecular flexibility index (Phi) is 10.4. The Morgan fingerprint density at radius 3 is 2.51 bits per heavy atom. The van der Waals surface area contributed by atoms with Crippen molar-refractivity contribution < 1.29 is 19.4 Å².